The summed E-state index contributed by atoms with van der Waals surface area (Å²) in [6.45, 7) is 19.0. The van der Waals surface area contributed by atoms with Gasteiger partial charge in [-0.1, -0.05) is 34.6 Å². The van der Waals surface area contributed by atoms with Crippen LogP contribution in [-0.4, -0.2) is 68.8 Å². The topological polar surface area (TPSA) is 46.9 Å². The van der Waals surface area contributed by atoms with Crippen LogP contribution in [0.15, 0.2) is 24.3 Å². The Bertz CT molecular complexity index is 1030. The first-order valence-corrected chi connectivity index (χ1v) is 13.6. The summed E-state index contributed by atoms with van der Waals surface area (Å²) in [5, 5.41) is 1.06. The van der Waals surface area contributed by atoms with E-state index in [-0.39, 0.29) is 30.2 Å². The number of rotatable bonds is 8. The normalized spacial score (nSPS) is 20.5. The first-order valence-electron chi connectivity index (χ1n) is 13.2. The molecule has 0 N–H and O–H groups in total. The first-order chi connectivity index (χ1) is 16.6. The van der Waals surface area contributed by atoms with Crippen molar-refractivity contribution in [2.75, 3.05) is 19.8 Å². The van der Waals surface area contributed by atoms with Gasteiger partial charge in [-0.3, -0.25) is 4.79 Å². The molecule has 1 atom stereocenters. The SMILES string of the molecule is CC(C)N1CCC(Oc2ccc3c(c2)cc2n3C[C@H](C(C)(C(C)C)C(C)C)N(CO[Si])C2=O)CC1. The van der Waals surface area contributed by atoms with Crippen LogP contribution in [-0.2, 0) is 11.0 Å². The molecule has 191 valence electrons. The molecule has 2 aliphatic rings. The van der Waals surface area contributed by atoms with Gasteiger partial charge in [-0.25, -0.2) is 0 Å². The van der Waals surface area contributed by atoms with Crippen molar-refractivity contribution in [3.63, 3.8) is 0 Å². The number of carbonyl (C=O) groups excluding carboxylic acids is 1. The largest absolute Gasteiger partial charge is 0.490 e. The lowest BCUT2D eigenvalue weighted by Crippen LogP contribution is -2.59. The van der Waals surface area contributed by atoms with Crippen LogP contribution in [0.2, 0.25) is 0 Å². The zero-order chi connectivity index (χ0) is 25.5. The molecular weight excluding hydrogens is 454 g/mol. The monoisotopic (exact) mass is 496 g/mol. The summed E-state index contributed by atoms with van der Waals surface area (Å²) in [4.78, 5) is 18.1. The Kier molecular flexibility index (Phi) is 7.70. The van der Waals surface area contributed by atoms with Gasteiger partial charge in [-0.05, 0) is 68.2 Å². The molecule has 2 aromatic rings. The minimum absolute atomic E-state index is 0.0201. The molecule has 4 rings (SSSR count). The van der Waals surface area contributed by atoms with E-state index in [1.165, 1.54) is 0 Å². The molecule has 1 saturated heterocycles. The van der Waals surface area contributed by atoms with Crippen molar-refractivity contribution < 1.29 is 14.0 Å². The summed E-state index contributed by atoms with van der Waals surface area (Å²) in [6, 6.07) is 8.93. The van der Waals surface area contributed by atoms with E-state index in [1.54, 1.807) is 0 Å². The zero-order valence-electron chi connectivity index (χ0n) is 22.5. The number of carbonyl (C=O) groups is 1. The van der Waals surface area contributed by atoms with Gasteiger partial charge in [0.05, 0.1) is 6.04 Å². The molecule has 3 radical (unpaired) electrons. The molecule has 6 nitrogen and oxygen atoms in total. The van der Waals surface area contributed by atoms with Crippen molar-refractivity contribution in [3.05, 3.63) is 30.0 Å². The molecule has 0 aliphatic carbocycles. The Labute approximate surface area is 214 Å². The summed E-state index contributed by atoms with van der Waals surface area (Å²) in [5.74, 6) is 1.72. The van der Waals surface area contributed by atoms with Crippen molar-refractivity contribution in [2.24, 2.45) is 17.3 Å². The van der Waals surface area contributed by atoms with Crippen LogP contribution in [0.1, 0.15) is 71.8 Å². The molecule has 7 heteroatoms. The molecule has 35 heavy (non-hydrogen) atoms. The molecule has 0 bridgehead atoms. The predicted octanol–water partition coefficient (Wildman–Crippen LogP) is 5.09. The number of nitrogens with zero attached hydrogens (tertiary/aromatic N) is 3. The molecule has 1 aromatic carbocycles. The second kappa shape index (κ2) is 10.3. The summed E-state index contributed by atoms with van der Waals surface area (Å²) in [7, 11) is 3.16. The number of aromatic nitrogens is 1. The number of fused-ring (bicyclic) bond motifs is 3. The molecule has 3 heterocycles. The quantitative estimate of drug-likeness (QED) is 0.478. The van der Waals surface area contributed by atoms with Gasteiger partial charge < -0.3 is 23.5 Å². The Hall–Kier alpha value is -1.83. The van der Waals surface area contributed by atoms with E-state index in [1.807, 2.05) is 11.0 Å². The summed E-state index contributed by atoms with van der Waals surface area (Å²) < 4.78 is 13.9. The molecule has 0 unspecified atom stereocenters. The van der Waals surface area contributed by atoms with E-state index >= 15 is 0 Å². The average molecular weight is 497 g/mol. The fraction of sp³-hybridized carbons (Fsp3) is 0.679. The highest BCUT2D eigenvalue weighted by Gasteiger charge is 2.47. The minimum Gasteiger partial charge on any atom is -0.490 e. The molecule has 1 aromatic heterocycles. The Morgan fingerprint density at radius 3 is 2.29 bits per heavy atom. The smallest absolute Gasteiger partial charge is 0.272 e. The second-order valence-electron chi connectivity index (χ2n) is 11.5. The highest BCUT2D eigenvalue weighted by atomic mass is 28.2. The van der Waals surface area contributed by atoms with Gasteiger partial charge in [0.1, 0.15) is 24.3 Å². The van der Waals surface area contributed by atoms with Crippen LogP contribution in [0.5, 0.6) is 5.75 Å². The second-order valence-corrected chi connectivity index (χ2v) is 11.8. The first kappa shape index (κ1) is 26.2. The Morgan fingerprint density at radius 2 is 1.71 bits per heavy atom. The third-order valence-corrected chi connectivity index (χ3v) is 9.13. The van der Waals surface area contributed by atoms with E-state index in [4.69, 9.17) is 9.16 Å². The number of hydrogen-bond donors (Lipinski definition) is 0. The predicted molar refractivity (Wildman–Crippen MR) is 142 cm³/mol. The van der Waals surface area contributed by atoms with Gasteiger partial charge in [0, 0.05) is 36.6 Å². The van der Waals surface area contributed by atoms with Crippen LogP contribution >= 0.6 is 0 Å². The molecule has 1 fully saturated rings. The standard InChI is InChI=1S/C28H42N3O3Si/c1-18(2)28(7,19(3)4)26-16-30-24-9-8-23(34-22-10-12-29(13-11-22)20(5)6)14-21(24)15-25(30)27(32)31(26)17-33-35/h8-9,14-15,18-20,22,26H,10-13,16-17H2,1-7H3/t26-/m1/s1. The third kappa shape index (κ3) is 4.79. The van der Waals surface area contributed by atoms with Gasteiger partial charge in [0.2, 0.25) is 10.5 Å². The molecular formula is C28H42N3O3Si. The zero-order valence-corrected chi connectivity index (χ0v) is 23.5. The van der Waals surface area contributed by atoms with Crippen LogP contribution in [0.4, 0.5) is 0 Å². The third-order valence-electron chi connectivity index (χ3n) is 9.00. The maximum absolute atomic E-state index is 13.7. The van der Waals surface area contributed by atoms with Crippen LogP contribution in [0, 0.1) is 17.3 Å². The number of ether oxygens (including phenoxy) is 1. The van der Waals surface area contributed by atoms with Gasteiger partial charge in [-0.2, -0.15) is 0 Å². The Balaban J connectivity index is 1.63. The van der Waals surface area contributed by atoms with E-state index in [0.29, 0.717) is 17.9 Å². The average Bonchev–Trinajstić information content (AvgIpc) is 3.18. The lowest BCUT2D eigenvalue weighted by Gasteiger charge is -2.51. The number of likely N-dealkylation sites (tertiary alicyclic amines) is 1. The summed E-state index contributed by atoms with van der Waals surface area (Å²) in [5.41, 5.74) is 1.74. The number of hydrogen-bond acceptors (Lipinski definition) is 4. The highest BCUT2D eigenvalue weighted by Crippen LogP contribution is 2.44. The van der Waals surface area contributed by atoms with Gasteiger partial charge >= 0.3 is 0 Å². The summed E-state index contributed by atoms with van der Waals surface area (Å²) in [6.07, 6.45) is 2.34. The fourth-order valence-corrected chi connectivity index (χ4v) is 6.28. The van der Waals surface area contributed by atoms with Crippen LogP contribution < -0.4 is 4.74 Å². The van der Waals surface area contributed by atoms with Gasteiger partial charge in [-0.15, -0.1) is 0 Å². The van der Waals surface area contributed by atoms with Crippen molar-refractivity contribution in [2.45, 2.75) is 86.0 Å². The van der Waals surface area contributed by atoms with Crippen molar-refractivity contribution in [1.82, 2.24) is 14.4 Å². The lowest BCUT2D eigenvalue weighted by atomic mass is 9.64. The van der Waals surface area contributed by atoms with Gasteiger partial charge in [0.25, 0.3) is 5.91 Å². The minimum atomic E-state index is -0.0669. The van der Waals surface area contributed by atoms with E-state index < -0.39 is 0 Å². The maximum atomic E-state index is 13.7. The van der Waals surface area contributed by atoms with Gasteiger partial charge in [0.15, 0.2) is 0 Å². The Morgan fingerprint density at radius 1 is 1.06 bits per heavy atom. The highest BCUT2D eigenvalue weighted by molar-refractivity contribution is 6.01. The molecule has 1 amide bonds. The van der Waals surface area contributed by atoms with Crippen LogP contribution in [0.3, 0.4) is 0 Å². The maximum Gasteiger partial charge on any atom is 0.272 e. The van der Waals surface area contributed by atoms with Crippen molar-refractivity contribution in [3.8, 4) is 5.75 Å². The number of amides is 1. The van der Waals surface area contributed by atoms with Crippen molar-refractivity contribution >= 4 is 27.3 Å². The fourth-order valence-electron chi connectivity index (χ4n) is 6.15. The van der Waals surface area contributed by atoms with E-state index in [2.05, 4.69) is 86.6 Å². The summed E-state index contributed by atoms with van der Waals surface area (Å²) >= 11 is 0. The van der Waals surface area contributed by atoms with E-state index in [9.17, 15) is 4.79 Å². The molecule has 2 aliphatic heterocycles. The molecule has 0 saturated carbocycles. The lowest BCUT2D eigenvalue weighted by molar-refractivity contribution is -0.0326. The number of piperidine rings is 1. The van der Waals surface area contributed by atoms with Crippen LogP contribution in [0.25, 0.3) is 10.9 Å². The van der Waals surface area contributed by atoms with E-state index in [0.717, 1.165) is 54.8 Å². The molecule has 0 spiro atoms. The van der Waals surface area contributed by atoms with Crippen molar-refractivity contribution in [1.29, 1.82) is 0 Å². The number of benzene rings is 1.